The Morgan fingerprint density at radius 2 is 2.04 bits per heavy atom. The van der Waals surface area contributed by atoms with Crippen LogP contribution in [0.15, 0.2) is 29.4 Å². The van der Waals surface area contributed by atoms with Gasteiger partial charge in [-0.3, -0.25) is 9.36 Å². The van der Waals surface area contributed by atoms with Gasteiger partial charge < -0.3 is 10.2 Å². The topological polar surface area (TPSA) is 68.5 Å². The lowest BCUT2D eigenvalue weighted by Gasteiger charge is -2.19. The molecule has 0 spiro atoms. The van der Waals surface area contributed by atoms with Crippen molar-refractivity contribution in [3.05, 3.63) is 30.1 Å². The summed E-state index contributed by atoms with van der Waals surface area (Å²) < 4.78 is 27.5. The van der Waals surface area contributed by atoms with Crippen molar-refractivity contribution in [2.45, 2.75) is 39.8 Å². The van der Waals surface area contributed by atoms with Gasteiger partial charge >= 0.3 is 6.55 Å². The van der Waals surface area contributed by atoms with E-state index >= 15 is 0 Å². The molecule has 2 rings (SSSR count). The van der Waals surface area contributed by atoms with Crippen molar-refractivity contribution in [3.63, 3.8) is 0 Å². The number of aromatic nitrogens is 2. The average Bonchev–Trinajstić information content (AvgIpc) is 2.84. The number of hydrogen-bond acceptors (Lipinski definition) is 4. The lowest BCUT2D eigenvalue weighted by molar-refractivity contribution is -0.127. The first-order chi connectivity index (χ1) is 11.2. The summed E-state index contributed by atoms with van der Waals surface area (Å²) >= 11 is 0. The van der Waals surface area contributed by atoms with E-state index in [1.165, 1.54) is 6.92 Å². The van der Waals surface area contributed by atoms with Gasteiger partial charge in [-0.2, -0.15) is 8.78 Å². The van der Waals surface area contributed by atoms with E-state index in [1.807, 2.05) is 20.8 Å². The maximum Gasteiger partial charge on any atom is 0.320 e. The second-order valence-corrected chi connectivity index (χ2v) is 6.32. The van der Waals surface area contributed by atoms with Crippen LogP contribution < -0.4 is 5.32 Å². The van der Waals surface area contributed by atoms with Crippen molar-refractivity contribution in [2.24, 2.45) is 5.16 Å². The zero-order valence-electron chi connectivity index (χ0n) is 14.0. The average molecular weight is 338 g/mol. The molecule has 1 amide bonds. The van der Waals surface area contributed by atoms with Crippen LogP contribution in [0.5, 0.6) is 0 Å². The molecule has 130 valence electrons. The van der Waals surface area contributed by atoms with Gasteiger partial charge in [-0.25, -0.2) is 4.98 Å². The molecule has 0 unspecified atom stereocenters. The van der Waals surface area contributed by atoms with Crippen LogP contribution in [0.1, 0.15) is 40.1 Å². The van der Waals surface area contributed by atoms with E-state index in [-0.39, 0.29) is 29.6 Å². The lowest BCUT2D eigenvalue weighted by Crippen LogP contribution is -2.42. The van der Waals surface area contributed by atoms with E-state index in [2.05, 4.69) is 15.5 Å². The van der Waals surface area contributed by atoms with Crippen LogP contribution in [0, 0.1) is 0 Å². The summed E-state index contributed by atoms with van der Waals surface area (Å²) in [6.07, 6.45) is 0. The summed E-state index contributed by atoms with van der Waals surface area (Å²) in [4.78, 5) is 20.8. The van der Waals surface area contributed by atoms with Gasteiger partial charge in [0, 0.05) is 5.54 Å². The number of fused-ring (bicyclic) bond motifs is 1. The molecular weight excluding hydrogens is 318 g/mol. The highest BCUT2D eigenvalue weighted by atomic mass is 19.3. The molecule has 2 aromatic rings. The fraction of sp³-hybridized carbons (Fsp3) is 0.438. The number of oxime groups is 1. The molecule has 8 heteroatoms. The Balaban J connectivity index is 2.17. The van der Waals surface area contributed by atoms with Crippen molar-refractivity contribution in [1.29, 1.82) is 0 Å². The van der Waals surface area contributed by atoms with Crippen LogP contribution >= 0.6 is 0 Å². The predicted molar refractivity (Wildman–Crippen MR) is 87.0 cm³/mol. The second kappa shape index (κ2) is 6.94. The van der Waals surface area contributed by atoms with Gasteiger partial charge in [-0.05, 0) is 39.8 Å². The Kier molecular flexibility index (Phi) is 5.16. The number of carbonyl (C=O) groups is 1. The van der Waals surface area contributed by atoms with Crippen molar-refractivity contribution >= 4 is 22.7 Å². The Morgan fingerprint density at radius 3 is 2.67 bits per heavy atom. The van der Waals surface area contributed by atoms with Gasteiger partial charge in [0.25, 0.3) is 5.91 Å². The summed E-state index contributed by atoms with van der Waals surface area (Å²) in [7, 11) is 0. The van der Waals surface area contributed by atoms with Gasteiger partial charge in [-0.15, -0.1) is 0 Å². The highest BCUT2D eigenvalue weighted by Gasteiger charge is 2.20. The summed E-state index contributed by atoms with van der Waals surface area (Å²) in [5.41, 5.74) is 0.522. The molecule has 6 nitrogen and oxygen atoms in total. The fourth-order valence-corrected chi connectivity index (χ4v) is 2.18. The maximum atomic E-state index is 13.4. The van der Waals surface area contributed by atoms with Gasteiger partial charge in [-0.1, -0.05) is 17.3 Å². The monoisotopic (exact) mass is 338 g/mol. The Morgan fingerprint density at radius 1 is 1.38 bits per heavy atom. The Hall–Kier alpha value is -2.51. The first kappa shape index (κ1) is 17.8. The highest BCUT2D eigenvalue weighted by molar-refractivity contribution is 5.98. The smallest absolute Gasteiger partial charge is 0.320 e. The second-order valence-electron chi connectivity index (χ2n) is 6.32. The Bertz CT molecular complexity index is 763. The van der Waals surface area contributed by atoms with Crippen molar-refractivity contribution in [1.82, 2.24) is 14.9 Å². The molecule has 0 radical (unpaired) electrons. The molecule has 24 heavy (non-hydrogen) atoms. The van der Waals surface area contributed by atoms with E-state index in [0.29, 0.717) is 11.0 Å². The number of alkyl halides is 2. The predicted octanol–water partition coefficient (Wildman–Crippen LogP) is 3.09. The molecule has 1 heterocycles. The molecule has 1 N–H and O–H groups in total. The molecule has 0 saturated carbocycles. The van der Waals surface area contributed by atoms with E-state index < -0.39 is 6.55 Å². The van der Waals surface area contributed by atoms with Crippen molar-refractivity contribution in [2.75, 3.05) is 6.61 Å². The molecule has 1 aromatic heterocycles. The number of halogens is 2. The third kappa shape index (κ3) is 4.27. The fourth-order valence-electron chi connectivity index (χ4n) is 2.18. The van der Waals surface area contributed by atoms with E-state index in [1.54, 1.807) is 24.3 Å². The summed E-state index contributed by atoms with van der Waals surface area (Å²) in [5, 5.41) is 6.45. The zero-order chi connectivity index (χ0) is 17.9. The third-order valence-electron chi connectivity index (χ3n) is 3.03. The minimum Gasteiger partial charge on any atom is -0.385 e. The van der Waals surface area contributed by atoms with Gasteiger partial charge in [0.1, 0.15) is 5.71 Å². The number of carbonyl (C=O) groups excluding carboxylic acids is 1. The number of imidazole rings is 1. The van der Waals surface area contributed by atoms with Gasteiger partial charge in [0.2, 0.25) is 0 Å². The molecule has 0 aliphatic carbocycles. The number of benzene rings is 1. The van der Waals surface area contributed by atoms with Crippen LogP contribution in [0.2, 0.25) is 0 Å². The zero-order valence-corrected chi connectivity index (χ0v) is 14.0. The summed E-state index contributed by atoms with van der Waals surface area (Å²) in [6.45, 7) is 3.95. The minimum atomic E-state index is -2.76. The third-order valence-corrected chi connectivity index (χ3v) is 3.03. The summed E-state index contributed by atoms with van der Waals surface area (Å²) in [6, 6.07) is 6.58. The largest absolute Gasteiger partial charge is 0.385 e. The number of para-hydroxylation sites is 2. The van der Waals surface area contributed by atoms with Crippen molar-refractivity contribution < 1.29 is 18.4 Å². The van der Waals surface area contributed by atoms with E-state index in [9.17, 15) is 13.6 Å². The van der Waals surface area contributed by atoms with Crippen LogP contribution in [0.3, 0.4) is 0 Å². The number of hydrogen-bond donors (Lipinski definition) is 1. The quantitative estimate of drug-likeness (QED) is 0.673. The highest BCUT2D eigenvalue weighted by Crippen LogP contribution is 2.23. The molecule has 0 saturated heterocycles. The molecule has 0 aliphatic rings. The van der Waals surface area contributed by atoms with Crippen LogP contribution in [-0.2, 0) is 9.63 Å². The molecule has 0 bridgehead atoms. The van der Waals surface area contributed by atoms with Gasteiger partial charge in [0.15, 0.2) is 12.4 Å². The normalized spacial score (nSPS) is 12.7. The molecule has 0 fully saturated rings. The number of nitrogens with zero attached hydrogens (tertiary/aromatic N) is 3. The Labute approximate surface area is 138 Å². The summed E-state index contributed by atoms with van der Waals surface area (Å²) in [5.74, 6) is -0.344. The first-order valence-electron chi connectivity index (χ1n) is 7.42. The maximum absolute atomic E-state index is 13.4. The number of nitrogens with one attached hydrogen (secondary N) is 1. The molecular formula is C16H20F2N4O2. The molecule has 0 atom stereocenters. The number of amides is 1. The van der Waals surface area contributed by atoms with Crippen molar-refractivity contribution in [3.8, 4) is 0 Å². The van der Waals surface area contributed by atoms with E-state index in [4.69, 9.17) is 4.84 Å². The minimum absolute atomic E-state index is 0.00225. The number of rotatable bonds is 5. The molecule has 0 aliphatic heterocycles. The standard InChI is InChI=1S/C16H20F2N4O2/c1-10(21-24-9-13(23)20-16(2,3)4)14-19-11-7-5-6-8-12(11)22(14)15(17)18/h5-8,15H,9H2,1-4H3,(H,20,23). The van der Waals surface area contributed by atoms with Crippen LogP contribution in [-0.4, -0.2) is 33.3 Å². The van der Waals surface area contributed by atoms with Gasteiger partial charge in [0.05, 0.1) is 11.0 Å². The van der Waals surface area contributed by atoms with Crippen LogP contribution in [0.25, 0.3) is 11.0 Å². The lowest BCUT2D eigenvalue weighted by atomic mass is 10.1. The van der Waals surface area contributed by atoms with Crippen LogP contribution in [0.4, 0.5) is 8.78 Å². The van der Waals surface area contributed by atoms with E-state index in [0.717, 1.165) is 4.57 Å². The first-order valence-corrected chi connectivity index (χ1v) is 7.42. The molecule has 1 aromatic carbocycles. The SMILES string of the molecule is CC(=NOCC(=O)NC(C)(C)C)c1nc2ccccc2n1C(F)F.